The molecule has 0 aromatic carbocycles. The van der Waals surface area contributed by atoms with Crippen LogP contribution in [0.1, 0.15) is 25.5 Å². The van der Waals surface area contributed by atoms with E-state index in [0.29, 0.717) is 0 Å². The predicted molar refractivity (Wildman–Crippen MR) is 65.5 cm³/mol. The lowest BCUT2D eigenvalue weighted by molar-refractivity contribution is 0.414. The molecule has 1 saturated heterocycles. The van der Waals surface area contributed by atoms with Gasteiger partial charge in [0.2, 0.25) is 0 Å². The van der Waals surface area contributed by atoms with Gasteiger partial charge in [-0.2, -0.15) is 0 Å². The van der Waals surface area contributed by atoms with E-state index in [9.17, 15) is 0 Å². The van der Waals surface area contributed by atoms with Crippen molar-refractivity contribution in [3.8, 4) is 0 Å². The highest BCUT2D eigenvalue weighted by Crippen LogP contribution is 2.25. The number of piperidine rings is 1. The van der Waals surface area contributed by atoms with Crippen LogP contribution in [0.3, 0.4) is 0 Å². The lowest BCUT2D eigenvalue weighted by atomic mass is 9.98. The zero-order valence-corrected chi connectivity index (χ0v) is 10.1. The molecule has 0 aliphatic carbocycles. The SMILES string of the molecule is CCc1csc(N2CCC(CN)CC2)n1. The minimum atomic E-state index is 0.729. The molecule has 84 valence electrons. The summed E-state index contributed by atoms with van der Waals surface area (Å²) in [5, 5.41) is 3.37. The Labute approximate surface area is 95.3 Å². The first kappa shape index (κ1) is 10.9. The Bertz CT molecular complexity index is 303. The molecule has 0 spiro atoms. The number of nitrogens with zero attached hydrogens (tertiary/aromatic N) is 2. The second kappa shape index (κ2) is 4.94. The Morgan fingerprint density at radius 2 is 2.27 bits per heavy atom. The van der Waals surface area contributed by atoms with Gasteiger partial charge in [0, 0.05) is 18.5 Å². The Morgan fingerprint density at radius 1 is 1.53 bits per heavy atom. The Hall–Kier alpha value is -0.610. The number of hydrogen-bond donors (Lipinski definition) is 1. The first-order valence-corrected chi connectivity index (χ1v) is 6.61. The number of nitrogens with two attached hydrogens (primary N) is 1. The number of aromatic nitrogens is 1. The summed E-state index contributed by atoms with van der Waals surface area (Å²) in [7, 11) is 0. The van der Waals surface area contributed by atoms with Crippen LogP contribution in [0, 0.1) is 5.92 Å². The van der Waals surface area contributed by atoms with Gasteiger partial charge < -0.3 is 10.6 Å². The molecule has 1 aromatic heterocycles. The van der Waals surface area contributed by atoms with Gasteiger partial charge in [-0.1, -0.05) is 6.92 Å². The van der Waals surface area contributed by atoms with Gasteiger partial charge in [0.05, 0.1) is 5.69 Å². The van der Waals surface area contributed by atoms with Crippen molar-refractivity contribution < 1.29 is 0 Å². The highest BCUT2D eigenvalue weighted by molar-refractivity contribution is 7.13. The molecule has 1 aromatic rings. The molecule has 3 nitrogen and oxygen atoms in total. The van der Waals surface area contributed by atoms with Crippen LogP contribution >= 0.6 is 11.3 Å². The van der Waals surface area contributed by atoms with Crippen LogP contribution in [0.25, 0.3) is 0 Å². The highest BCUT2D eigenvalue weighted by atomic mass is 32.1. The largest absolute Gasteiger partial charge is 0.348 e. The van der Waals surface area contributed by atoms with E-state index in [2.05, 4.69) is 22.2 Å². The average molecular weight is 225 g/mol. The van der Waals surface area contributed by atoms with E-state index in [1.807, 2.05) is 0 Å². The molecule has 0 amide bonds. The third kappa shape index (κ3) is 2.49. The van der Waals surface area contributed by atoms with E-state index in [4.69, 9.17) is 5.73 Å². The summed E-state index contributed by atoms with van der Waals surface area (Å²) in [4.78, 5) is 7.02. The van der Waals surface area contributed by atoms with Crippen molar-refractivity contribution in [2.45, 2.75) is 26.2 Å². The van der Waals surface area contributed by atoms with E-state index in [0.717, 1.165) is 32.0 Å². The predicted octanol–water partition coefficient (Wildman–Crippen LogP) is 1.88. The van der Waals surface area contributed by atoms with Crippen LogP contribution in [0.4, 0.5) is 5.13 Å². The number of rotatable bonds is 3. The zero-order valence-electron chi connectivity index (χ0n) is 9.28. The van der Waals surface area contributed by atoms with Crippen molar-refractivity contribution >= 4 is 16.5 Å². The maximum Gasteiger partial charge on any atom is 0.185 e. The molecule has 2 rings (SSSR count). The van der Waals surface area contributed by atoms with Crippen LogP contribution in [0.15, 0.2) is 5.38 Å². The summed E-state index contributed by atoms with van der Waals surface area (Å²) in [6.45, 7) is 5.24. The molecule has 0 unspecified atom stereocenters. The summed E-state index contributed by atoms with van der Waals surface area (Å²) in [6, 6.07) is 0. The van der Waals surface area contributed by atoms with Crippen LogP contribution in [-0.2, 0) is 6.42 Å². The maximum atomic E-state index is 5.68. The van der Waals surface area contributed by atoms with E-state index in [-0.39, 0.29) is 0 Å². The van der Waals surface area contributed by atoms with Crippen molar-refractivity contribution in [2.75, 3.05) is 24.5 Å². The molecule has 1 aliphatic heterocycles. The standard InChI is InChI=1S/C11H19N3S/c1-2-10-8-15-11(13-10)14-5-3-9(7-12)4-6-14/h8-9H,2-7,12H2,1H3. The fourth-order valence-electron chi connectivity index (χ4n) is 1.96. The molecule has 0 saturated carbocycles. The van der Waals surface area contributed by atoms with Gasteiger partial charge in [0.1, 0.15) is 0 Å². The third-order valence-electron chi connectivity index (χ3n) is 3.12. The molecular weight excluding hydrogens is 206 g/mol. The van der Waals surface area contributed by atoms with Crippen LogP contribution in [0.5, 0.6) is 0 Å². The molecule has 0 radical (unpaired) electrons. The Balaban J connectivity index is 1.95. The third-order valence-corrected chi connectivity index (χ3v) is 4.07. The van der Waals surface area contributed by atoms with Gasteiger partial charge in [0.15, 0.2) is 5.13 Å². The quantitative estimate of drug-likeness (QED) is 0.854. The minimum absolute atomic E-state index is 0.729. The van der Waals surface area contributed by atoms with E-state index < -0.39 is 0 Å². The topological polar surface area (TPSA) is 42.1 Å². The lowest BCUT2D eigenvalue weighted by Gasteiger charge is -2.31. The van der Waals surface area contributed by atoms with E-state index >= 15 is 0 Å². The number of thiazole rings is 1. The first-order valence-electron chi connectivity index (χ1n) is 5.73. The molecule has 2 heterocycles. The second-order valence-corrected chi connectivity index (χ2v) is 4.98. The molecule has 15 heavy (non-hydrogen) atoms. The summed E-state index contributed by atoms with van der Waals surface area (Å²) in [6.07, 6.45) is 3.48. The monoisotopic (exact) mass is 225 g/mol. The van der Waals surface area contributed by atoms with Crippen molar-refractivity contribution in [1.82, 2.24) is 4.98 Å². The van der Waals surface area contributed by atoms with Gasteiger partial charge in [-0.25, -0.2) is 4.98 Å². The lowest BCUT2D eigenvalue weighted by Crippen LogP contribution is -2.36. The summed E-state index contributed by atoms with van der Waals surface area (Å²) >= 11 is 1.77. The second-order valence-electron chi connectivity index (χ2n) is 4.14. The number of aryl methyl sites for hydroxylation is 1. The van der Waals surface area contributed by atoms with Gasteiger partial charge in [-0.15, -0.1) is 11.3 Å². The van der Waals surface area contributed by atoms with Gasteiger partial charge in [-0.05, 0) is 31.7 Å². The highest BCUT2D eigenvalue weighted by Gasteiger charge is 2.19. The number of anilines is 1. The average Bonchev–Trinajstić information content (AvgIpc) is 2.78. The smallest absolute Gasteiger partial charge is 0.185 e. The zero-order chi connectivity index (χ0) is 10.7. The van der Waals surface area contributed by atoms with E-state index in [1.165, 1.54) is 23.7 Å². The number of hydrogen-bond acceptors (Lipinski definition) is 4. The Kier molecular flexibility index (Phi) is 3.59. The molecule has 4 heteroatoms. The van der Waals surface area contributed by atoms with E-state index in [1.54, 1.807) is 11.3 Å². The van der Waals surface area contributed by atoms with Crippen LogP contribution in [-0.4, -0.2) is 24.6 Å². The van der Waals surface area contributed by atoms with Crippen molar-refractivity contribution in [3.05, 3.63) is 11.1 Å². The fourth-order valence-corrected chi connectivity index (χ4v) is 2.93. The van der Waals surface area contributed by atoms with Crippen LogP contribution in [0.2, 0.25) is 0 Å². The van der Waals surface area contributed by atoms with Gasteiger partial charge >= 0.3 is 0 Å². The van der Waals surface area contributed by atoms with Gasteiger partial charge in [0.25, 0.3) is 0 Å². The summed E-state index contributed by atoms with van der Waals surface area (Å²) in [5.74, 6) is 0.729. The minimum Gasteiger partial charge on any atom is -0.348 e. The van der Waals surface area contributed by atoms with Crippen molar-refractivity contribution in [2.24, 2.45) is 11.7 Å². The summed E-state index contributed by atoms with van der Waals surface area (Å²) in [5.41, 5.74) is 6.90. The molecule has 0 atom stereocenters. The maximum absolute atomic E-state index is 5.68. The van der Waals surface area contributed by atoms with Crippen molar-refractivity contribution in [1.29, 1.82) is 0 Å². The molecule has 1 aliphatic rings. The summed E-state index contributed by atoms with van der Waals surface area (Å²) < 4.78 is 0. The molecule has 2 N–H and O–H groups in total. The Morgan fingerprint density at radius 3 is 2.80 bits per heavy atom. The molecule has 1 fully saturated rings. The molecular formula is C11H19N3S. The van der Waals surface area contributed by atoms with Crippen molar-refractivity contribution in [3.63, 3.8) is 0 Å². The van der Waals surface area contributed by atoms with Gasteiger partial charge in [-0.3, -0.25) is 0 Å². The first-order chi connectivity index (χ1) is 7.33. The van der Waals surface area contributed by atoms with Crippen LogP contribution < -0.4 is 10.6 Å². The normalized spacial score (nSPS) is 18.4. The fraction of sp³-hybridized carbons (Fsp3) is 0.727. The molecule has 0 bridgehead atoms.